The van der Waals surface area contributed by atoms with Crippen LogP contribution in [0.4, 0.5) is 5.69 Å². The van der Waals surface area contributed by atoms with Crippen LogP contribution < -0.4 is 9.47 Å². The van der Waals surface area contributed by atoms with Crippen molar-refractivity contribution in [2.75, 3.05) is 26.4 Å². The number of nitrogens with zero attached hydrogens (tertiary/aromatic N) is 1. The molecule has 1 rings (SSSR count). The van der Waals surface area contributed by atoms with Gasteiger partial charge in [-0.3, -0.25) is 14.9 Å². The van der Waals surface area contributed by atoms with E-state index in [2.05, 4.69) is 4.74 Å². The van der Waals surface area contributed by atoms with Crippen LogP contribution in [0.25, 0.3) is 0 Å². The second-order valence-electron chi connectivity index (χ2n) is 4.42. The van der Waals surface area contributed by atoms with Gasteiger partial charge in [-0.05, 0) is 13.8 Å². The zero-order chi connectivity index (χ0) is 18.8. The van der Waals surface area contributed by atoms with Gasteiger partial charge in [0, 0.05) is 6.07 Å². The van der Waals surface area contributed by atoms with Gasteiger partial charge in [0.2, 0.25) is 0 Å². The Bertz CT molecular complexity index is 657. The maximum absolute atomic E-state index is 11.4. The Labute approximate surface area is 142 Å². The summed E-state index contributed by atoms with van der Waals surface area (Å²) < 4.78 is 19.7. The van der Waals surface area contributed by atoms with Crippen molar-refractivity contribution in [2.24, 2.45) is 0 Å². The first-order valence-corrected chi connectivity index (χ1v) is 7.27. The Balaban J connectivity index is 3.07. The van der Waals surface area contributed by atoms with E-state index in [1.54, 1.807) is 13.8 Å². The van der Waals surface area contributed by atoms with Crippen LogP contribution >= 0.6 is 0 Å². The summed E-state index contributed by atoms with van der Waals surface area (Å²) in [7, 11) is 0. The monoisotopic (exact) mass is 355 g/mol. The van der Waals surface area contributed by atoms with Crippen molar-refractivity contribution < 1.29 is 38.3 Å². The standard InChI is InChI=1S/C15H17NO9/c1-3-22-14(18)8-24-12-5-10(7-17)11(16(20)21)6-13(12)25-9-15(19)23-4-2/h5-7H,3-4,8-9H2,1-2H3. The normalized spacial score (nSPS) is 9.84. The van der Waals surface area contributed by atoms with Gasteiger partial charge in [0.15, 0.2) is 31.0 Å². The summed E-state index contributed by atoms with van der Waals surface area (Å²) in [6, 6.07) is 1.98. The molecule has 0 radical (unpaired) electrons. The molecule has 136 valence electrons. The molecule has 1 aromatic rings. The van der Waals surface area contributed by atoms with E-state index in [-0.39, 0.29) is 36.6 Å². The first kappa shape index (κ1) is 19.9. The quantitative estimate of drug-likeness (QED) is 0.263. The van der Waals surface area contributed by atoms with Gasteiger partial charge in [0.05, 0.1) is 29.8 Å². The second kappa shape index (κ2) is 9.85. The minimum atomic E-state index is -0.782. The summed E-state index contributed by atoms with van der Waals surface area (Å²) in [6.45, 7) is 2.48. The Morgan fingerprint density at radius 2 is 1.52 bits per heavy atom. The summed E-state index contributed by atoms with van der Waals surface area (Å²) in [5.74, 6) is -1.68. The molecule has 0 spiro atoms. The number of carbonyl (C=O) groups is 3. The Morgan fingerprint density at radius 3 is 1.92 bits per heavy atom. The fourth-order valence-electron chi connectivity index (χ4n) is 1.72. The molecule has 10 heteroatoms. The predicted octanol–water partition coefficient (Wildman–Crippen LogP) is 1.29. The van der Waals surface area contributed by atoms with Crippen LogP contribution in [0.15, 0.2) is 12.1 Å². The van der Waals surface area contributed by atoms with Crippen LogP contribution in [0, 0.1) is 10.1 Å². The number of esters is 2. The summed E-state index contributed by atoms with van der Waals surface area (Å²) in [6.07, 6.45) is 0.268. The number of aldehydes is 1. The van der Waals surface area contributed by atoms with E-state index in [0.717, 1.165) is 12.1 Å². The molecule has 0 fully saturated rings. The van der Waals surface area contributed by atoms with E-state index in [0.29, 0.717) is 0 Å². The highest BCUT2D eigenvalue weighted by Crippen LogP contribution is 2.34. The zero-order valence-corrected chi connectivity index (χ0v) is 13.7. The number of nitro groups is 1. The average molecular weight is 355 g/mol. The number of benzene rings is 1. The van der Waals surface area contributed by atoms with Crippen molar-refractivity contribution in [3.63, 3.8) is 0 Å². The van der Waals surface area contributed by atoms with Crippen LogP contribution in [0.2, 0.25) is 0 Å². The molecule has 0 amide bonds. The van der Waals surface area contributed by atoms with Crippen molar-refractivity contribution >= 4 is 23.9 Å². The smallest absolute Gasteiger partial charge is 0.344 e. The van der Waals surface area contributed by atoms with Crippen LogP contribution in [-0.4, -0.2) is 49.6 Å². The van der Waals surface area contributed by atoms with Crippen LogP contribution in [0.3, 0.4) is 0 Å². The summed E-state index contributed by atoms with van der Waals surface area (Å²) >= 11 is 0. The van der Waals surface area contributed by atoms with Gasteiger partial charge < -0.3 is 18.9 Å². The minimum Gasteiger partial charge on any atom is -0.478 e. The van der Waals surface area contributed by atoms with Crippen molar-refractivity contribution in [2.45, 2.75) is 13.8 Å². The molecular weight excluding hydrogens is 338 g/mol. The summed E-state index contributed by atoms with van der Waals surface area (Å²) in [5, 5.41) is 11.0. The fourth-order valence-corrected chi connectivity index (χ4v) is 1.72. The Morgan fingerprint density at radius 1 is 1.04 bits per heavy atom. The van der Waals surface area contributed by atoms with Crippen molar-refractivity contribution in [3.05, 3.63) is 27.8 Å². The lowest BCUT2D eigenvalue weighted by atomic mass is 10.1. The van der Waals surface area contributed by atoms with Gasteiger partial charge in [-0.15, -0.1) is 0 Å². The lowest BCUT2D eigenvalue weighted by Gasteiger charge is -2.13. The van der Waals surface area contributed by atoms with Crippen LogP contribution in [0.5, 0.6) is 11.5 Å². The Hall–Kier alpha value is -3.17. The highest BCUT2D eigenvalue weighted by atomic mass is 16.6. The number of carbonyl (C=O) groups excluding carboxylic acids is 3. The van der Waals surface area contributed by atoms with Gasteiger partial charge in [-0.2, -0.15) is 0 Å². The molecule has 0 saturated heterocycles. The molecule has 0 aliphatic rings. The molecule has 0 aliphatic heterocycles. The van der Waals surface area contributed by atoms with Crippen molar-refractivity contribution in [1.82, 2.24) is 0 Å². The maximum Gasteiger partial charge on any atom is 0.344 e. The molecular formula is C15H17NO9. The van der Waals surface area contributed by atoms with E-state index < -0.39 is 35.8 Å². The van der Waals surface area contributed by atoms with E-state index in [4.69, 9.17) is 14.2 Å². The number of hydrogen-bond acceptors (Lipinski definition) is 9. The SMILES string of the molecule is CCOC(=O)COc1cc(C=O)c([N+](=O)[O-])cc1OCC(=O)OCC. The first-order chi connectivity index (χ1) is 11.9. The highest BCUT2D eigenvalue weighted by molar-refractivity contribution is 5.83. The van der Waals surface area contributed by atoms with Gasteiger partial charge in [0.1, 0.15) is 0 Å². The number of nitro benzene ring substituents is 1. The van der Waals surface area contributed by atoms with E-state index in [1.807, 2.05) is 0 Å². The van der Waals surface area contributed by atoms with Crippen molar-refractivity contribution in [3.8, 4) is 11.5 Å². The molecule has 25 heavy (non-hydrogen) atoms. The fraction of sp³-hybridized carbons (Fsp3) is 0.400. The predicted molar refractivity (Wildman–Crippen MR) is 82.7 cm³/mol. The third kappa shape index (κ3) is 6.09. The second-order valence-corrected chi connectivity index (χ2v) is 4.42. The van der Waals surface area contributed by atoms with Gasteiger partial charge >= 0.3 is 11.9 Å². The number of hydrogen-bond donors (Lipinski definition) is 0. The molecule has 0 saturated carbocycles. The van der Waals surface area contributed by atoms with Crippen molar-refractivity contribution in [1.29, 1.82) is 0 Å². The summed E-state index contributed by atoms with van der Waals surface area (Å²) in [5.41, 5.74) is -0.801. The first-order valence-electron chi connectivity index (χ1n) is 7.27. The molecule has 0 atom stereocenters. The van der Waals surface area contributed by atoms with Crippen LogP contribution in [0.1, 0.15) is 24.2 Å². The van der Waals surface area contributed by atoms with E-state index >= 15 is 0 Å². The largest absolute Gasteiger partial charge is 0.478 e. The van der Waals surface area contributed by atoms with E-state index in [9.17, 15) is 24.5 Å². The van der Waals surface area contributed by atoms with E-state index in [1.165, 1.54) is 0 Å². The zero-order valence-electron chi connectivity index (χ0n) is 13.7. The maximum atomic E-state index is 11.4. The lowest BCUT2D eigenvalue weighted by molar-refractivity contribution is -0.385. The Kier molecular flexibility index (Phi) is 7.83. The molecule has 1 aromatic carbocycles. The topological polar surface area (TPSA) is 131 Å². The molecule has 0 heterocycles. The van der Waals surface area contributed by atoms with Crippen LogP contribution in [-0.2, 0) is 19.1 Å². The van der Waals surface area contributed by atoms with Gasteiger partial charge in [-0.1, -0.05) is 0 Å². The third-order valence-electron chi connectivity index (χ3n) is 2.72. The van der Waals surface area contributed by atoms with Gasteiger partial charge in [-0.25, -0.2) is 9.59 Å². The lowest BCUT2D eigenvalue weighted by Crippen LogP contribution is -2.17. The number of ether oxygens (including phenoxy) is 4. The number of rotatable bonds is 10. The molecule has 10 nitrogen and oxygen atoms in total. The highest BCUT2D eigenvalue weighted by Gasteiger charge is 2.21. The molecule has 0 unspecified atom stereocenters. The average Bonchev–Trinajstić information content (AvgIpc) is 2.58. The molecule has 0 bridgehead atoms. The molecule has 0 aromatic heterocycles. The summed E-state index contributed by atoms with van der Waals surface area (Å²) in [4.78, 5) is 44.0. The third-order valence-corrected chi connectivity index (χ3v) is 2.72. The minimum absolute atomic E-state index is 0.120. The molecule has 0 aliphatic carbocycles. The molecule has 0 N–H and O–H groups in total. The van der Waals surface area contributed by atoms with Gasteiger partial charge in [0.25, 0.3) is 5.69 Å².